The van der Waals surface area contributed by atoms with E-state index in [2.05, 4.69) is 29.6 Å². The van der Waals surface area contributed by atoms with Crippen LogP contribution in [0, 0.1) is 0 Å². The molecule has 1 saturated carbocycles. The molecule has 4 rings (SSSR count). The lowest BCUT2D eigenvalue weighted by Crippen LogP contribution is -2.45. The second-order valence-electron chi connectivity index (χ2n) is 8.93. The molecular formula is C26H30N2O5. The van der Waals surface area contributed by atoms with Gasteiger partial charge in [0.15, 0.2) is 0 Å². The molecular weight excluding hydrogens is 420 g/mol. The van der Waals surface area contributed by atoms with Gasteiger partial charge in [-0.1, -0.05) is 61.4 Å². The van der Waals surface area contributed by atoms with E-state index in [4.69, 9.17) is 4.74 Å². The van der Waals surface area contributed by atoms with Crippen LogP contribution < -0.4 is 5.32 Å². The minimum atomic E-state index is -1.02. The molecule has 0 radical (unpaired) electrons. The molecule has 1 atom stereocenters. The number of rotatable bonds is 8. The fourth-order valence-corrected chi connectivity index (χ4v) is 5.05. The van der Waals surface area contributed by atoms with Crippen molar-refractivity contribution in [2.45, 2.75) is 57.0 Å². The number of nitrogens with zero attached hydrogens (tertiary/aromatic N) is 1. The first-order chi connectivity index (χ1) is 15.9. The molecule has 0 unspecified atom stereocenters. The molecule has 0 heterocycles. The van der Waals surface area contributed by atoms with Crippen molar-refractivity contribution in [1.82, 2.24) is 10.2 Å². The van der Waals surface area contributed by atoms with Gasteiger partial charge in [-0.3, -0.25) is 9.59 Å². The number of carboxylic acids is 1. The number of carbonyl (C=O) groups excluding carboxylic acids is 2. The molecule has 2 N–H and O–H groups in total. The molecule has 0 aromatic heterocycles. The molecule has 33 heavy (non-hydrogen) atoms. The van der Waals surface area contributed by atoms with Gasteiger partial charge in [0.05, 0.1) is 0 Å². The van der Waals surface area contributed by atoms with Crippen molar-refractivity contribution in [2.24, 2.45) is 0 Å². The summed E-state index contributed by atoms with van der Waals surface area (Å²) < 4.78 is 5.55. The molecule has 0 saturated heterocycles. The van der Waals surface area contributed by atoms with Gasteiger partial charge in [0.25, 0.3) is 0 Å². The summed E-state index contributed by atoms with van der Waals surface area (Å²) in [4.78, 5) is 37.9. The van der Waals surface area contributed by atoms with Crippen molar-refractivity contribution in [2.75, 3.05) is 13.2 Å². The molecule has 2 aliphatic rings. The Bertz CT molecular complexity index is 985. The predicted molar refractivity (Wildman–Crippen MR) is 124 cm³/mol. The van der Waals surface area contributed by atoms with Gasteiger partial charge in [-0.15, -0.1) is 0 Å². The lowest BCUT2D eigenvalue weighted by atomic mass is 9.98. The van der Waals surface area contributed by atoms with E-state index >= 15 is 0 Å². The Balaban J connectivity index is 1.32. The zero-order valence-corrected chi connectivity index (χ0v) is 18.8. The maximum atomic E-state index is 12.8. The van der Waals surface area contributed by atoms with E-state index in [0.717, 1.165) is 47.9 Å². The maximum Gasteiger partial charge on any atom is 0.407 e. The molecule has 0 spiro atoms. The Hall–Kier alpha value is -3.35. The summed E-state index contributed by atoms with van der Waals surface area (Å²) in [5.41, 5.74) is 4.59. The number of carbonyl (C=O) groups is 3. The van der Waals surface area contributed by atoms with Crippen LogP contribution in [-0.2, 0) is 14.3 Å². The number of hydrogen-bond acceptors (Lipinski definition) is 4. The van der Waals surface area contributed by atoms with Crippen molar-refractivity contribution >= 4 is 18.0 Å². The Morgan fingerprint density at radius 2 is 1.61 bits per heavy atom. The average molecular weight is 451 g/mol. The van der Waals surface area contributed by atoms with Gasteiger partial charge in [-0.05, 0) is 42.0 Å². The minimum absolute atomic E-state index is 0.0322. The molecule has 7 nitrogen and oxygen atoms in total. The second kappa shape index (κ2) is 10.1. The van der Waals surface area contributed by atoms with Gasteiger partial charge < -0.3 is 20.1 Å². The number of benzene rings is 2. The third-order valence-corrected chi connectivity index (χ3v) is 6.58. The summed E-state index contributed by atoms with van der Waals surface area (Å²) in [5.74, 6) is -1.31. The first-order valence-corrected chi connectivity index (χ1v) is 11.6. The van der Waals surface area contributed by atoms with Crippen molar-refractivity contribution in [3.05, 3.63) is 59.7 Å². The summed E-state index contributed by atoms with van der Waals surface area (Å²) >= 11 is 0. The number of nitrogens with one attached hydrogen (secondary N) is 1. The van der Waals surface area contributed by atoms with Crippen LogP contribution in [0.4, 0.5) is 4.79 Å². The molecule has 2 aromatic rings. The van der Waals surface area contributed by atoms with Gasteiger partial charge >= 0.3 is 12.1 Å². The maximum absolute atomic E-state index is 12.8. The number of carboxylic acid groups (broad SMARTS) is 1. The van der Waals surface area contributed by atoms with E-state index in [-0.39, 0.29) is 37.4 Å². The van der Waals surface area contributed by atoms with Crippen LogP contribution >= 0.6 is 0 Å². The van der Waals surface area contributed by atoms with Gasteiger partial charge in [-0.2, -0.15) is 0 Å². The molecule has 0 aliphatic heterocycles. The fraction of sp³-hybridized carbons (Fsp3) is 0.423. The number of hydrogen-bond donors (Lipinski definition) is 2. The third kappa shape index (κ3) is 5.18. The zero-order valence-electron chi connectivity index (χ0n) is 18.8. The molecule has 2 aliphatic carbocycles. The highest BCUT2D eigenvalue weighted by atomic mass is 16.5. The van der Waals surface area contributed by atoms with Crippen LogP contribution in [0.25, 0.3) is 11.1 Å². The van der Waals surface area contributed by atoms with Gasteiger partial charge in [0, 0.05) is 24.4 Å². The third-order valence-electron chi connectivity index (χ3n) is 6.58. The standard InChI is InChI=1S/C26H30N2O5/c1-17(14-24(29)28(15-25(30)31)18-8-2-3-9-18)27-26(32)33-16-23-21-12-6-4-10-19(21)20-11-5-7-13-22(20)23/h4-7,10-13,17-18,23H,2-3,8-9,14-16H2,1H3,(H,27,32)(H,30,31)/t17-/m0/s1. The number of alkyl carbamates (subject to hydrolysis) is 1. The number of fused-ring (bicyclic) bond motifs is 3. The molecule has 2 amide bonds. The van der Waals surface area contributed by atoms with Crippen LogP contribution in [-0.4, -0.2) is 53.2 Å². The molecule has 0 bridgehead atoms. The summed E-state index contributed by atoms with van der Waals surface area (Å²) in [6.45, 7) is 1.63. The summed E-state index contributed by atoms with van der Waals surface area (Å²) in [5, 5.41) is 11.9. The Morgan fingerprint density at radius 1 is 1.03 bits per heavy atom. The Labute approximate surface area is 193 Å². The minimum Gasteiger partial charge on any atom is -0.480 e. The molecule has 174 valence electrons. The summed E-state index contributed by atoms with van der Waals surface area (Å²) in [7, 11) is 0. The lowest BCUT2D eigenvalue weighted by Gasteiger charge is -2.28. The van der Waals surface area contributed by atoms with Crippen molar-refractivity contribution in [3.63, 3.8) is 0 Å². The van der Waals surface area contributed by atoms with Gasteiger partial charge in [0.1, 0.15) is 13.2 Å². The van der Waals surface area contributed by atoms with Gasteiger partial charge in [-0.25, -0.2) is 4.79 Å². The molecule has 7 heteroatoms. The lowest BCUT2D eigenvalue weighted by molar-refractivity contribution is -0.146. The smallest absolute Gasteiger partial charge is 0.407 e. The molecule has 2 aromatic carbocycles. The van der Waals surface area contributed by atoms with E-state index < -0.39 is 18.1 Å². The predicted octanol–water partition coefficient (Wildman–Crippen LogP) is 4.16. The van der Waals surface area contributed by atoms with E-state index in [9.17, 15) is 19.5 Å². The summed E-state index contributed by atoms with van der Waals surface area (Å²) in [6, 6.07) is 15.8. The van der Waals surface area contributed by atoms with E-state index in [1.807, 2.05) is 24.3 Å². The van der Waals surface area contributed by atoms with E-state index in [1.165, 1.54) is 4.90 Å². The van der Waals surface area contributed by atoms with Crippen molar-refractivity contribution in [3.8, 4) is 11.1 Å². The topological polar surface area (TPSA) is 95.9 Å². The van der Waals surface area contributed by atoms with Crippen molar-refractivity contribution in [1.29, 1.82) is 0 Å². The monoisotopic (exact) mass is 450 g/mol. The number of amides is 2. The number of aliphatic carboxylic acids is 1. The average Bonchev–Trinajstić information content (AvgIpc) is 3.42. The van der Waals surface area contributed by atoms with E-state index in [1.54, 1.807) is 6.92 Å². The highest BCUT2D eigenvalue weighted by Crippen LogP contribution is 2.44. The van der Waals surface area contributed by atoms with Crippen LogP contribution in [0.15, 0.2) is 48.5 Å². The van der Waals surface area contributed by atoms with Crippen LogP contribution in [0.2, 0.25) is 0 Å². The Morgan fingerprint density at radius 3 is 2.18 bits per heavy atom. The first-order valence-electron chi connectivity index (χ1n) is 11.6. The number of ether oxygens (including phenoxy) is 1. The SMILES string of the molecule is C[C@@H](CC(=O)N(CC(=O)O)C1CCCC1)NC(=O)OCC1c2ccccc2-c2ccccc21. The summed E-state index contributed by atoms with van der Waals surface area (Å²) in [6.07, 6.45) is 3.11. The molecule has 1 fully saturated rings. The second-order valence-corrected chi connectivity index (χ2v) is 8.93. The highest BCUT2D eigenvalue weighted by molar-refractivity contribution is 5.83. The zero-order chi connectivity index (χ0) is 23.4. The van der Waals surface area contributed by atoms with Gasteiger partial charge in [0.2, 0.25) is 5.91 Å². The Kier molecular flexibility index (Phi) is 6.96. The highest BCUT2D eigenvalue weighted by Gasteiger charge is 2.31. The van der Waals surface area contributed by atoms with Crippen LogP contribution in [0.1, 0.15) is 56.1 Å². The first kappa shape index (κ1) is 22.8. The normalized spacial score (nSPS) is 16.0. The van der Waals surface area contributed by atoms with Crippen molar-refractivity contribution < 1.29 is 24.2 Å². The quantitative estimate of drug-likeness (QED) is 0.630. The largest absolute Gasteiger partial charge is 0.480 e. The van der Waals surface area contributed by atoms with E-state index in [0.29, 0.717) is 0 Å². The fourth-order valence-electron chi connectivity index (χ4n) is 5.05. The van der Waals surface area contributed by atoms with Crippen LogP contribution in [0.3, 0.4) is 0 Å². The van der Waals surface area contributed by atoms with Crippen LogP contribution in [0.5, 0.6) is 0 Å².